The summed E-state index contributed by atoms with van der Waals surface area (Å²) in [5.41, 5.74) is 14.2. The standard InChI is InChI=1S/C10H16N2O/c1-7-2-3-8(6-13)9(4-7)10(12)5-11/h2-4,10,13H,5-6,11-12H2,1H3/t10-/m0/s1. The first kappa shape index (κ1) is 10.2. The first-order valence-electron chi connectivity index (χ1n) is 4.35. The molecule has 5 N–H and O–H groups in total. The van der Waals surface area contributed by atoms with Crippen molar-refractivity contribution in [3.63, 3.8) is 0 Å². The number of aliphatic hydroxyl groups is 1. The Morgan fingerprint density at radius 1 is 1.46 bits per heavy atom. The molecule has 1 aromatic rings. The lowest BCUT2D eigenvalue weighted by Crippen LogP contribution is -2.22. The van der Waals surface area contributed by atoms with Gasteiger partial charge in [0.1, 0.15) is 0 Å². The summed E-state index contributed by atoms with van der Waals surface area (Å²) in [7, 11) is 0. The van der Waals surface area contributed by atoms with E-state index in [1.807, 2.05) is 25.1 Å². The van der Waals surface area contributed by atoms with E-state index in [-0.39, 0.29) is 12.6 Å². The average Bonchev–Trinajstić information content (AvgIpc) is 2.16. The maximum Gasteiger partial charge on any atom is 0.0685 e. The van der Waals surface area contributed by atoms with E-state index in [9.17, 15) is 0 Å². The second-order valence-electron chi connectivity index (χ2n) is 3.20. The summed E-state index contributed by atoms with van der Waals surface area (Å²) >= 11 is 0. The fourth-order valence-corrected chi connectivity index (χ4v) is 1.33. The zero-order valence-corrected chi connectivity index (χ0v) is 7.83. The fourth-order valence-electron chi connectivity index (χ4n) is 1.33. The fraction of sp³-hybridized carbons (Fsp3) is 0.400. The van der Waals surface area contributed by atoms with Crippen LogP contribution < -0.4 is 11.5 Å². The topological polar surface area (TPSA) is 72.3 Å². The van der Waals surface area contributed by atoms with E-state index in [1.54, 1.807) is 0 Å². The molecule has 0 aliphatic rings. The van der Waals surface area contributed by atoms with Crippen molar-refractivity contribution in [3.05, 3.63) is 34.9 Å². The Morgan fingerprint density at radius 3 is 2.69 bits per heavy atom. The van der Waals surface area contributed by atoms with Gasteiger partial charge in [0.2, 0.25) is 0 Å². The Balaban J connectivity index is 3.07. The molecule has 3 nitrogen and oxygen atoms in total. The SMILES string of the molecule is Cc1ccc(CO)c([C@@H](N)CN)c1. The maximum absolute atomic E-state index is 9.06. The van der Waals surface area contributed by atoms with Crippen LogP contribution in [0.2, 0.25) is 0 Å². The van der Waals surface area contributed by atoms with Gasteiger partial charge in [0, 0.05) is 12.6 Å². The predicted octanol–water partition coefficient (Wildman–Crippen LogP) is 0.446. The molecule has 1 aromatic carbocycles. The monoisotopic (exact) mass is 180 g/mol. The van der Waals surface area contributed by atoms with Crippen LogP contribution in [0.25, 0.3) is 0 Å². The Hall–Kier alpha value is -0.900. The van der Waals surface area contributed by atoms with Gasteiger partial charge in [0.05, 0.1) is 6.61 Å². The summed E-state index contributed by atoms with van der Waals surface area (Å²) in [6, 6.07) is 5.64. The number of hydrogen-bond donors (Lipinski definition) is 3. The largest absolute Gasteiger partial charge is 0.392 e. The van der Waals surface area contributed by atoms with Crippen molar-refractivity contribution < 1.29 is 5.11 Å². The highest BCUT2D eigenvalue weighted by Crippen LogP contribution is 2.17. The van der Waals surface area contributed by atoms with E-state index in [0.29, 0.717) is 6.54 Å². The highest BCUT2D eigenvalue weighted by molar-refractivity contribution is 5.33. The normalized spacial score (nSPS) is 12.9. The van der Waals surface area contributed by atoms with E-state index in [4.69, 9.17) is 16.6 Å². The molecule has 0 fully saturated rings. The van der Waals surface area contributed by atoms with Crippen molar-refractivity contribution in [2.45, 2.75) is 19.6 Å². The molecule has 72 valence electrons. The van der Waals surface area contributed by atoms with Crippen LogP contribution in [-0.2, 0) is 6.61 Å². The van der Waals surface area contributed by atoms with Crippen LogP contribution in [0.15, 0.2) is 18.2 Å². The van der Waals surface area contributed by atoms with Gasteiger partial charge in [-0.05, 0) is 18.1 Å². The molecule has 0 aliphatic heterocycles. The van der Waals surface area contributed by atoms with Gasteiger partial charge < -0.3 is 16.6 Å². The van der Waals surface area contributed by atoms with Crippen molar-refractivity contribution in [2.75, 3.05) is 6.54 Å². The van der Waals surface area contributed by atoms with Crippen LogP contribution in [0.3, 0.4) is 0 Å². The van der Waals surface area contributed by atoms with E-state index < -0.39 is 0 Å². The molecular weight excluding hydrogens is 164 g/mol. The number of hydrogen-bond acceptors (Lipinski definition) is 3. The summed E-state index contributed by atoms with van der Waals surface area (Å²) in [5, 5.41) is 9.06. The quantitative estimate of drug-likeness (QED) is 0.632. The summed E-state index contributed by atoms with van der Waals surface area (Å²) in [6.07, 6.45) is 0. The first-order chi connectivity index (χ1) is 6.19. The van der Waals surface area contributed by atoms with Crippen molar-refractivity contribution in [1.82, 2.24) is 0 Å². The molecule has 1 rings (SSSR count). The molecule has 0 saturated carbocycles. The molecule has 0 unspecified atom stereocenters. The lowest BCUT2D eigenvalue weighted by molar-refractivity contribution is 0.280. The molecule has 0 radical (unpaired) electrons. The van der Waals surface area contributed by atoms with Crippen LogP contribution in [0.1, 0.15) is 22.7 Å². The highest BCUT2D eigenvalue weighted by atomic mass is 16.3. The minimum atomic E-state index is -0.179. The summed E-state index contributed by atoms with van der Waals surface area (Å²) in [4.78, 5) is 0. The summed E-state index contributed by atoms with van der Waals surface area (Å²) in [6.45, 7) is 2.41. The maximum atomic E-state index is 9.06. The van der Waals surface area contributed by atoms with Crippen molar-refractivity contribution >= 4 is 0 Å². The van der Waals surface area contributed by atoms with Gasteiger partial charge in [0.25, 0.3) is 0 Å². The van der Waals surface area contributed by atoms with E-state index in [2.05, 4.69) is 0 Å². The van der Waals surface area contributed by atoms with Crippen LogP contribution in [0.4, 0.5) is 0 Å². The third-order valence-corrected chi connectivity index (χ3v) is 2.13. The molecule has 0 saturated heterocycles. The second kappa shape index (κ2) is 4.37. The number of aliphatic hydroxyl groups excluding tert-OH is 1. The molecule has 0 amide bonds. The van der Waals surface area contributed by atoms with Gasteiger partial charge in [-0.25, -0.2) is 0 Å². The third kappa shape index (κ3) is 2.28. The number of rotatable bonds is 3. The Kier molecular flexibility index (Phi) is 3.42. The van der Waals surface area contributed by atoms with Crippen molar-refractivity contribution in [2.24, 2.45) is 11.5 Å². The van der Waals surface area contributed by atoms with Crippen LogP contribution >= 0.6 is 0 Å². The molecule has 0 heterocycles. The highest BCUT2D eigenvalue weighted by Gasteiger charge is 2.08. The minimum Gasteiger partial charge on any atom is -0.392 e. The van der Waals surface area contributed by atoms with Crippen LogP contribution in [0.5, 0.6) is 0 Å². The Labute approximate surface area is 78.4 Å². The number of aryl methyl sites for hydroxylation is 1. The van der Waals surface area contributed by atoms with Gasteiger partial charge >= 0.3 is 0 Å². The van der Waals surface area contributed by atoms with Gasteiger partial charge in [-0.3, -0.25) is 0 Å². The minimum absolute atomic E-state index is 0.0172. The van der Waals surface area contributed by atoms with E-state index in [1.165, 1.54) is 0 Å². The van der Waals surface area contributed by atoms with Crippen molar-refractivity contribution in [1.29, 1.82) is 0 Å². The Morgan fingerprint density at radius 2 is 2.15 bits per heavy atom. The predicted molar refractivity (Wildman–Crippen MR) is 53.1 cm³/mol. The smallest absolute Gasteiger partial charge is 0.0685 e. The molecule has 0 aliphatic carbocycles. The second-order valence-corrected chi connectivity index (χ2v) is 3.20. The van der Waals surface area contributed by atoms with E-state index in [0.717, 1.165) is 16.7 Å². The number of nitrogens with two attached hydrogens (primary N) is 2. The molecular formula is C10H16N2O. The lowest BCUT2D eigenvalue weighted by atomic mass is 9.99. The zero-order valence-electron chi connectivity index (χ0n) is 7.83. The molecule has 13 heavy (non-hydrogen) atoms. The average molecular weight is 180 g/mol. The molecule has 0 bridgehead atoms. The summed E-state index contributed by atoms with van der Waals surface area (Å²) < 4.78 is 0. The van der Waals surface area contributed by atoms with Crippen LogP contribution in [0, 0.1) is 6.92 Å². The van der Waals surface area contributed by atoms with Crippen molar-refractivity contribution in [3.8, 4) is 0 Å². The third-order valence-electron chi connectivity index (χ3n) is 2.13. The van der Waals surface area contributed by atoms with Gasteiger partial charge in [0.15, 0.2) is 0 Å². The molecule has 0 aromatic heterocycles. The van der Waals surface area contributed by atoms with Crippen LogP contribution in [-0.4, -0.2) is 11.7 Å². The van der Waals surface area contributed by atoms with Gasteiger partial charge in [-0.1, -0.05) is 23.8 Å². The van der Waals surface area contributed by atoms with E-state index >= 15 is 0 Å². The van der Waals surface area contributed by atoms with Gasteiger partial charge in [-0.2, -0.15) is 0 Å². The molecule has 1 atom stereocenters. The summed E-state index contributed by atoms with van der Waals surface area (Å²) in [5.74, 6) is 0. The first-order valence-corrected chi connectivity index (χ1v) is 4.35. The Bertz CT molecular complexity index is 286. The molecule has 0 spiro atoms. The molecule has 3 heteroatoms. The zero-order chi connectivity index (χ0) is 9.84. The lowest BCUT2D eigenvalue weighted by Gasteiger charge is -2.14. The van der Waals surface area contributed by atoms with Gasteiger partial charge in [-0.15, -0.1) is 0 Å². The number of benzene rings is 1.